The summed E-state index contributed by atoms with van der Waals surface area (Å²) in [4.78, 5) is 25.2. The maximum atomic E-state index is 12.6. The Labute approximate surface area is 127 Å². The summed E-state index contributed by atoms with van der Waals surface area (Å²) < 4.78 is 4.08. The van der Waals surface area contributed by atoms with E-state index in [9.17, 15) is 14.7 Å². The molecule has 6 heteroatoms. The van der Waals surface area contributed by atoms with Crippen molar-refractivity contribution in [3.63, 3.8) is 0 Å². The lowest BCUT2D eigenvalue weighted by atomic mass is 10.1. The molecule has 1 unspecified atom stereocenters. The molecule has 0 bridgehead atoms. The molecule has 0 saturated carbocycles. The van der Waals surface area contributed by atoms with Gasteiger partial charge in [0, 0.05) is 11.9 Å². The Morgan fingerprint density at radius 3 is 2.52 bits per heavy atom. The zero-order valence-corrected chi connectivity index (χ0v) is 12.6. The predicted molar refractivity (Wildman–Crippen MR) is 80.3 cm³/mol. The fourth-order valence-electron chi connectivity index (χ4n) is 1.95. The van der Waals surface area contributed by atoms with Crippen molar-refractivity contribution in [1.82, 2.24) is 9.27 Å². The van der Waals surface area contributed by atoms with Gasteiger partial charge in [-0.1, -0.05) is 30.3 Å². The molecule has 0 radical (unpaired) electrons. The van der Waals surface area contributed by atoms with Crippen molar-refractivity contribution >= 4 is 23.4 Å². The molecule has 1 N–H and O–H groups in total. The van der Waals surface area contributed by atoms with Gasteiger partial charge in [0.25, 0.3) is 5.91 Å². The molecule has 0 aliphatic heterocycles. The van der Waals surface area contributed by atoms with E-state index in [1.54, 1.807) is 12.3 Å². The maximum Gasteiger partial charge on any atom is 0.326 e. The second-order valence-corrected chi connectivity index (χ2v) is 5.38. The molecule has 2 aromatic rings. The van der Waals surface area contributed by atoms with Gasteiger partial charge in [-0.2, -0.15) is 4.37 Å². The lowest BCUT2D eigenvalue weighted by molar-refractivity contribution is -0.141. The van der Waals surface area contributed by atoms with Crippen LogP contribution in [-0.2, 0) is 11.3 Å². The van der Waals surface area contributed by atoms with Crippen molar-refractivity contribution in [2.24, 2.45) is 0 Å². The van der Waals surface area contributed by atoms with Gasteiger partial charge in [0.2, 0.25) is 0 Å². The number of amides is 1. The average Bonchev–Trinajstić information content (AvgIpc) is 2.90. The fourth-order valence-corrected chi connectivity index (χ4v) is 2.64. The molecule has 0 saturated heterocycles. The molecule has 0 fully saturated rings. The first-order chi connectivity index (χ1) is 10.0. The molecule has 2 rings (SSSR count). The Morgan fingerprint density at radius 1 is 1.33 bits per heavy atom. The third-order valence-corrected chi connectivity index (χ3v) is 3.98. The van der Waals surface area contributed by atoms with Crippen LogP contribution in [0.5, 0.6) is 0 Å². The van der Waals surface area contributed by atoms with Crippen LogP contribution in [-0.4, -0.2) is 32.3 Å². The van der Waals surface area contributed by atoms with Crippen molar-refractivity contribution in [3.05, 3.63) is 52.5 Å². The number of carbonyl (C=O) groups excluding carboxylic acids is 1. The number of aromatic nitrogens is 1. The van der Waals surface area contributed by atoms with Gasteiger partial charge >= 0.3 is 5.97 Å². The minimum Gasteiger partial charge on any atom is -0.480 e. The summed E-state index contributed by atoms with van der Waals surface area (Å²) in [5, 5.41) is 10.9. The van der Waals surface area contributed by atoms with Gasteiger partial charge in [0.15, 0.2) is 0 Å². The van der Waals surface area contributed by atoms with Crippen molar-refractivity contribution in [2.45, 2.75) is 26.4 Å². The Balaban J connectivity index is 2.30. The summed E-state index contributed by atoms with van der Waals surface area (Å²) in [5.41, 5.74) is 1.98. The van der Waals surface area contributed by atoms with Crippen LogP contribution in [0.4, 0.5) is 0 Å². The maximum absolute atomic E-state index is 12.6. The van der Waals surface area contributed by atoms with Crippen LogP contribution in [0.15, 0.2) is 35.7 Å². The van der Waals surface area contributed by atoms with Gasteiger partial charge < -0.3 is 10.0 Å². The Bertz CT molecular complexity index is 639. The third-order valence-electron chi connectivity index (χ3n) is 3.26. The van der Waals surface area contributed by atoms with Crippen molar-refractivity contribution < 1.29 is 14.7 Å². The van der Waals surface area contributed by atoms with Gasteiger partial charge in [-0.15, -0.1) is 0 Å². The largest absolute Gasteiger partial charge is 0.480 e. The van der Waals surface area contributed by atoms with Crippen LogP contribution in [0.3, 0.4) is 0 Å². The zero-order valence-electron chi connectivity index (χ0n) is 11.8. The fraction of sp³-hybridized carbons (Fsp3) is 0.267. The number of aryl methyl sites for hydroxylation is 1. The van der Waals surface area contributed by atoms with E-state index >= 15 is 0 Å². The van der Waals surface area contributed by atoms with Crippen molar-refractivity contribution in [2.75, 3.05) is 0 Å². The highest BCUT2D eigenvalue weighted by Gasteiger charge is 2.28. The SMILES string of the molecule is Cc1nscc1C(=O)N(Cc1ccccc1)C(C)C(=O)O. The summed E-state index contributed by atoms with van der Waals surface area (Å²) in [6.45, 7) is 3.51. The molecular weight excluding hydrogens is 288 g/mol. The molecule has 1 aromatic carbocycles. The van der Waals surface area contributed by atoms with E-state index in [2.05, 4.69) is 4.37 Å². The number of carboxylic acid groups (broad SMARTS) is 1. The van der Waals surface area contributed by atoms with Gasteiger partial charge in [-0.3, -0.25) is 4.79 Å². The number of hydrogen-bond acceptors (Lipinski definition) is 4. The first kappa shape index (κ1) is 15.2. The Hall–Kier alpha value is -2.21. The predicted octanol–water partition coefficient (Wildman–Crippen LogP) is 2.57. The number of nitrogens with zero attached hydrogens (tertiary/aromatic N) is 2. The van der Waals surface area contributed by atoms with Crippen LogP contribution < -0.4 is 0 Å². The first-order valence-electron chi connectivity index (χ1n) is 6.49. The van der Waals surface area contributed by atoms with E-state index in [0.29, 0.717) is 11.3 Å². The third kappa shape index (κ3) is 3.46. The molecular formula is C15H16N2O3S. The first-order valence-corrected chi connectivity index (χ1v) is 7.33. The van der Waals surface area contributed by atoms with Crippen molar-refractivity contribution in [1.29, 1.82) is 0 Å². The quantitative estimate of drug-likeness (QED) is 0.921. The highest BCUT2D eigenvalue weighted by molar-refractivity contribution is 7.03. The lowest BCUT2D eigenvalue weighted by Gasteiger charge is -2.26. The number of carboxylic acids is 1. The summed E-state index contributed by atoms with van der Waals surface area (Å²) >= 11 is 1.19. The van der Waals surface area contributed by atoms with Gasteiger partial charge in [0.1, 0.15) is 6.04 Å². The van der Waals surface area contributed by atoms with E-state index in [1.165, 1.54) is 23.4 Å². The average molecular weight is 304 g/mol. The molecule has 1 aromatic heterocycles. The minimum atomic E-state index is -1.03. The highest BCUT2D eigenvalue weighted by atomic mass is 32.1. The van der Waals surface area contributed by atoms with E-state index in [1.807, 2.05) is 30.3 Å². The minimum absolute atomic E-state index is 0.252. The van der Waals surface area contributed by atoms with E-state index < -0.39 is 12.0 Å². The summed E-state index contributed by atoms with van der Waals surface area (Å²) in [5.74, 6) is -1.33. The topological polar surface area (TPSA) is 70.5 Å². The molecule has 0 spiro atoms. The monoisotopic (exact) mass is 304 g/mol. The Kier molecular flexibility index (Phi) is 4.70. The van der Waals surface area contributed by atoms with Crippen LogP contribution in [0, 0.1) is 6.92 Å². The van der Waals surface area contributed by atoms with Crippen LogP contribution in [0.25, 0.3) is 0 Å². The number of rotatable bonds is 5. The number of benzene rings is 1. The summed E-state index contributed by atoms with van der Waals surface area (Å²) in [6.07, 6.45) is 0. The van der Waals surface area contributed by atoms with Gasteiger partial charge in [-0.25, -0.2) is 4.79 Å². The number of hydrogen-bond donors (Lipinski definition) is 1. The molecule has 1 atom stereocenters. The summed E-state index contributed by atoms with van der Waals surface area (Å²) in [7, 11) is 0. The zero-order chi connectivity index (χ0) is 15.4. The van der Waals surface area contributed by atoms with Crippen molar-refractivity contribution in [3.8, 4) is 0 Å². The molecule has 110 valence electrons. The normalized spacial score (nSPS) is 11.9. The second kappa shape index (κ2) is 6.49. The van der Waals surface area contributed by atoms with E-state index in [4.69, 9.17) is 0 Å². The number of carbonyl (C=O) groups is 2. The Morgan fingerprint density at radius 2 is 2.00 bits per heavy atom. The smallest absolute Gasteiger partial charge is 0.326 e. The molecule has 21 heavy (non-hydrogen) atoms. The summed E-state index contributed by atoms with van der Waals surface area (Å²) in [6, 6.07) is 8.43. The standard InChI is InChI=1S/C15H16N2O3S/c1-10-13(9-21-16-10)14(18)17(11(2)15(19)20)8-12-6-4-3-5-7-12/h3-7,9,11H,8H2,1-2H3,(H,19,20). The second-order valence-electron chi connectivity index (χ2n) is 4.75. The van der Waals surface area contributed by atoms with E-state index in [-0.39, 0.29) is 12.5 Å². The van der Waals surface area contributed by atoms with Crippen LogP contribution in [0.2, 0.25) is 0 Å². The molecule has 1 heterocycles. The molecule has 5 nitrogen and oxygen atoms in total. The molecule has 0 aliphatic carbocycles. The van der Waals surface area contributed by atoms with Crippen LogP contribution in [0.1, 0.15) is 28.5 Å². The van der Waals surface area contributed by atoms with Gasteiger partial charge in [-0.05, 0) is 30.9 Å². The highest BCUT2D eigenvalue weighted by Crippen LogP contribution is 2.17. The van der Waals surface area contributed by atoms with E-state index in [0.717, 1.165) is 5.56 Å². The number of aliphatic carboxylic acids is 1. The molecule has 0 aliphatic rings. The molecule has 1 amide bonds. The lowest BCUT2D eigenvalue weighted by Crippen LogP contribution is -2.42. The van der Waals surface area contributed by atoms with Crippen LogP contribution >= 0.6 is 11.5 Å². The van der Waals surface area contributed by atoms with Gasteiger partial charge in [0.05, 0.1) is 11.3 Å².